The summed E-state index contributed by atoms with van der Waals surface area (Å²) in [4.78, 5) is 29.2. The van der Waals surface area contributed by atoms with Crippen molar-refractivity contribution in [3.05, 3.63) is 71.8 Å². The Labute approximate surface area is 272 Å². The molecular weight excluding hydrogens is 610 g/mol. The molecule has 0 saturated heterocycles. The predicted molar refractivity (Wildman–Crippen MR) is 177 cm³/mol. The van der Waals surface area contributed by atoms with Crippen molar-refractivity contribution < 1.29 is 37.0 Å². The number of carbonyl (C=O) groups excluding carboxylic acids is 2. The molecule has 0 heterocycles. The minimum Gasteiger partial charge on any atom is -0.497 e. The summed E-state index contributed by atoms with van der Waals surface area (Å²) in [6, 6.07) is 15.7. The fraction of sp³-hybridized carbons (Fsp3) is 0.412. The zero-order valence-corrected chi connectivity index (χ0v) is 28.5. The number of unbranched alkanes of at least 4 members (excludes halogenated alkanes) is 1. The van der Waals surface area contributed by atoms with Crippen LogP contribution in [0.4, 0.5) is 5.69 Å². The molecule has 12 heteroatoms. The molecule has 0 fully saturated rings. The topological polar surface area (TPSA) is 124 Å². The van der Waals surface area contributed by atoms with Gasteiger partial charge in [0.05, 0.1) is 39.0 Å². The van der Waals surface area contributed by atoms with Crippen LogP contribution in [0.5, 0.6) is 23.0 Å². The molecule has 250 valence electrons. The first-order chi connectivity index (χ1) is 22.0. The molecular formula is C34H45N3O8S. The molecule has 46 heavy (non-hydrogen) atoms. The molecule has 1 atom stereocenters. The zero-order chi connectivity index (χ0) is 33.9. The molecule has 1 N–H and O–H groups in total. The van der Waals surface area contributed by atoms with Gasteiger partial charge in [0.2, 0.25) is 11.8 Å². The highest BCUT2D eigenvalue weighted by atomic mass is 32.2. The summed E-state index contributed by atoms with van der Waals surface area (Å²) in [7, 11) is 1.28. The Kier molecular flexibility index (Phi) is 13.1. The molecule has 2 amide bonds. The number of hydrogen-bond acceptors (Lipinski definition) is 8. The molecule has 3 aromatic carbocycles. The lowest BCUT2D eigenvalue weighted by atomic mass is 10.1. The highest BCUT2D eigenvalue weighted by Gasteiger charge is 2.35. The lowest BCUT2D eigenvalue weighted by Crippen LogP contribution is -2.52. The molecule has 0 aliphatic heterocycles. The minimum absolute atomic E-state index is 0.0842. The van der Waals surface area contributed by atoms with Crippen LogP contribution in [-0.4, -0.2) is 72.7 Å². The number of nitrogens with one attached hydrogen (secondary N) is 1. The van der Waals surface area contributed by atoms with Gasteiger partial charge in [-0.1, -0.05) is 50.1 Å². The summed E-state index contributed by atoms with van der Waals surface area (Å²) in [6.45, 7) is 5.72. The Morgan fingerprint density at radius 3 is 2.15 bits per heavy atom. The molecule has 11 nitrogen and oxygen atoms in total. The van der Waals surface area contributed by atoms with Crippen LogP contribution in [-0.2, 0) is 26.2 Å². The smallest absolute Gasteiger partial charge is 0.265 e. The van der Waals surface area contributed by atoms with Crippen LogP contribution >= 0.6 is 0 Å². The van der Waals surface area contributed by atoms with Crippen molar-refractivity contribution in [2.24, 2.45) is 0 Å². The monoisotopic (exact) mass is 655 g/mol. The maximum Gasteiger partial charge on any atom is 0.265 e. The average molecular weight is 656 g/mol. The quantitative estimate of drug-likeness (QED) is 0.203. The Balaban J connectivity index is 2.18. The van der Waals surface area contributed by atoms with E-state index in [-0.39, 0.29) is 34.5 Å². The number of carbonyl (C=O) groups is 2. The first-order valence-electron chi connectivity index (χ1n) is 15.1. The Hall–Kier alpha value is -4.45. The number of nitrogens with zero attached hydrogens (tertiary/aromatic N) is 2. The highest BCUT2D eigenvalue weighted by molar-refractivity contribution is 7.92. The number of methoxy groups -OCH3 is 4. The average Bonchev–Trinajstić information content (AvgIpc) is 3.06. The van der Waals surface area contributed by atoms with Crippen molar-refractivity contribution in [1.82, 2.24) is 10.2 Å². The van der Waals surface area contributed by atoms with Crippen LogP contribution in [0.2, 0.25) is 0 Å². The Bertz CT molecular complexity index is 1590. The van der Waals surface area contributed by atoms with Gasteiger partial charge < -0.3 is 29.2 Å². The van der Waals surface area contributed by atoms with Crippen molar-refractivity contribution in [3.8, 4) is 23.0 Å². The van der Waals surface area contributed by atoms with Crippen molar-refractivity contribution >= 4 is 27.5 Å². The first-order valence-corrected chi connectivity index (χ1v) is 16.6. The van der Waals surface area contributed by atoms with Gasteiger partial charge in [0, 0.05) is 25.2 Å². The number of anilines is 1. The van der Waals surface area contributed by atoms with E-state index < -0.39 is 28.5 Å². The SMILES string of the molecule is CCCCNC(=O)C(CC)N(Cc1cccc(C)c1)C(=O)CN(c1cc(OC)ccc1OC)S(=O)(=O)c1ccc(OC)c(OC)c1. The number of benzene rings is 3. The van der Waals surface area contributed by atoms with E-state index in [1.165, 1.54) is 57.6 Å². The second kappa shape index (κ2) is 16.7. The van der Waals surface area contributed by atoms with Gasteiger partial charge in [-0.3, -0.25) is 13.9 Å². The van der Waals surface area contributed by atoms with Gasteiger partial charge >= 0.3 is 0 Å². The summed E-state index contributed by atoms with van der Waals surface area (Å²) in [5, 5.41) is 2.94. The first kappa shape index (κ1) is 36.0. The molecule has 0 spiro atoms. The molecule has 3 aromatic rings. The number of amides is 2. The van der Waals surface area contributed by atoms with Crippen LogP contribution in [0.3, 0.4) is 0 Å². The maximum absolute atomic E-state index is 14.5. The third kappa shape index (κ3) is 8.63. The number of rotatable bonds is 17. The lowest BCUT2D eigenvalue weighted by Gasteiger charge is -2.33. The molecule has 1 unspecified atom stereocenters. The van der Waals surface area contributed by atoms with Gasteiger partial charge in [-0.25, -0.2) is 8.42 Å². The molecule has 0 bridgehead atoms. The standard InChI is InChI=1S/C34H45N3O8S/c1-8-10-18-35-34(39)28(9-2)36(22-25-13-11-12-24(3)19-25)33(38)23-37(29-20-26(42-4)14-16-30(29)43-5)46(40,41)27-15-17-31(44-6)32(21-27)45-7/h11-17,19-21,28H,8-10,18,22-23H2,1-7H3,(H,35,39). The number of ether oxygens (including phenoxy) is 4. The van der Waals surface area contributed by atoms with E-state index in [1.54, 1.807) is 12.1 Å². The van der Waals surface area contributed by atoms with Gasteiger partial charge in [-0.15, -0.1) is 0 Å². The van der Waals surface area contributed by atoms with Crippen molar-refractivity contribution in [3.63, 3.8) is 0 Å². The van der Waals surface area contributed by atoms with Gasteiger partial charge in [-0.2, -0.15) is 0 Å². The molecule has 0 aromatic heterocycles. The predicted octanol–water partition coefficient (Wildman–Crippen LogP) is 4.95. The Morgan fingerprint density at radius 1 is 0.848 bits per heavy atom. The van der Waals surface area contributed by atoms with Gasteiger partial charge in [0.1, 0.15) is 24.1 Å². The largest absolute Gasteiger partial charge is 0.497 e. The number of aryl methyl sites for hydroxylation is 1. The van der Waals surface area contributed by atoms with E-state index >= 15 is 0 Å². The summed E-state index contributed by atoms with van der Waals surface area (Å²) in [5.41, 5.74) is 1.88. The van der Waals surface area contributed by atoms with Crippen LogP contribution in [0.1, 0.15) is 44.2 Å². The van der Waals surface area contributed by atoms with Crippen molar-refractivity contribution in [1.29, 1.82) is 0 Å². The normalized spacial score (nSPS) is 11.7. The fourth-order valence-electron chi connectivity index (χ4n) is 5.04. The lowest BCUT2D eigenvalue weighted by molar-refractivity contribution is -0.140. The third-order valence-electron chi connectivity index (χ3n) is 7.53. The van der Waals surface area contributed by atoms with Crippen LogP contribution in [0, 0.1) is 6.92 Å². The molecule has 0 radical (unpaired) electrons. The summed E-state index contributed by atoms with van der Waals surface area (Å²) < 4.78 is 51.5. The molecule has 0 saturated carbocycles. The maximum atomic E-state index is 14.5. The minimum atomic E-state index is -4.43. The highest BCUT2D eigenvalue weighted by Crippen LogP contribution is 2.38. The summed E-state index contributed by atoms with van der Waals surface area (Å²) in [5.74, 6) is 0.218. The van der Waals surface area contributed by atoms with Crippen molar-refractivity contribution in [2.45, 2.75) is 57.5 Å². The summed E-state index contributed by atoms with van der Waals surface area (Å²) in [6.07, 6.45) is 2.01. The van der Waals surface area contributed by atoms with E-state index in [4.69, 9.17) is 18.9 Å². The van der Waals surface area contributed by atoms with Crippen LogP contribution in [0.25, 0.3) is 0 Å². The Morgan fingerprint density at radius 2 is 1.54 bits per heavy atom. The van der Waals surface area contributed by atoms with E-state index in [0.717, 1.165) is 28.3 Å². The second-order valence-electron chi connectivity index (χ2n) is 10.6. The zero-order valence-electron chi connectivity index (χ0n) is 27.7. The number of hydrogen-bond donors (Lipinski definition) is 1. The molecule has 0 aliphatic rings. The molecule has 3 rings (SSSR count). The summed E-state index contributed by atoms with van der Waals surface area (Å²) >= 11 is 0. The number of sulfonamides is 1. The third-order valence-corrected chi connectivity index (χ3v) is 9.28. The van der Waals surface area contributed by atoms with Gasteiger partial charge in [0.25, 0.3) is 10.0 Å². The van der Waals surface area contributed by atoms with E-state index in [2.05, 4.69) is 5.32 Å². The molecule has 0 aliphatic carbocycles. The van der Waals surface area contributed by atoms with Gasteiger partial charge in [0.15, 0.2) is 11.5 Å². The van der Waals surface area contributed by atoms with Crippen molar-refractivity contribution in [2.75, 3.05) is 45.8 Å². The van der Waals surface area contributed by atoms with Crippen LogP contribution < -0.4 is 28.6 Å². The van der Waals surface area contributed by atoms with E-state index in [0.29, 0.717) is 24.5 Å². The second-order valence-corrected chi connectivity index (χ2v) is 12.5. The van der Waals surface area contributed by atoms with Gasteiger partial charge in [-0.05, 0) is 49.6 Å². The van der Waals surface area contributed by atoms with Crippen LogP contribution in [0.15, 0.2) is 65.6 Å². The van der Waals surface area contributed by atoms with E-state index in [9.17, 15) is 18.0 Å². The fourth-order valence-corrected chi connectivity index (χ4v) is 6.47. The van der Waals surface area contributed by atoms with E-state index in [1.807, 2.05) is 45.0 Å².